The second-order valence-corrected chi connectivity index (χ2v) is 10.2. The van der Waals surface area contributed by atoms with E-state index < -0.39 is 21.0 Å². The van der Waals surface area contributed by atoms with Crippen molar-refractivity contribution >= 4 is 44.8 Å². The number of primary amides is 1. The fourth-order valence-corrected chi connectivity index (χ4v) is 4.83. The Morgan fingerprint density at radius 3 is 2.57 bits per heavy atom. The summed E-state index contributed by atoms with van der Waals surface area (Å²) in [6.45, 7) is 0.716. The van der Waals surface area contributed by atoms with Gasteiger partial charge in [0, 0.05) is 23.9 Å². The van der Waals surface area contributed by atoms with E-state index in [-0.39, 0.29) is 29.9 Å². The Bertz CT molecular complexity index is 1030. The third-order valence-corrected chi connectivity index (χ3v) is 7.10. The molecule has 9 nitrogen and oxygen atoms in total. The van der Waals surface area contributed by atoms with E-state index in [1.807, 2.05) is 0 Å². The number of carbonyl (C=O) groups is 2. The highest BCUT2D eigenvalue weighted by atomic mass is 35.5. The van der Waals surface area contributed by atoms with Gasteiger partial charge in [-0.25, -0.2) is 13.2 Å². The van der Waals surface area contributed by atoms with Gasteiger partial charge in [-0.15, -0.1) is 0 Å². The molecule has 0 spiro atoms. The number of halogens is 1. The van der Waals surface area contributed by atoms with Crippen LogP contribution in [-0.2, 0) is 14.6 Å². The lowest BCUT2D eigenvalue weighted by molar-refractivity contribution is -0.114. The Balaban J connectivity index is 1.72. The van der Waals surface area contributed by atoms with Crippen molar-refractivity contribution in [1.82, 2.24) is 10.2 Å². The van der Waals surface area contributed by atoms with Crippen LogP contribution in [-0.4, -0.2) is 68.1 Å². The number of nitrogens with two attached hydrogens (primary N) is 2. The molecule has 0 bridgehead atoms. The number of amides is 3. The van der Waals surface area contributed by atoms with E-state index in [4.69, 9.17) is 23.1 Å². The van der Waals surface area contributed by atoms with Gasteiger partial charge >= 0.3 is 6.03 Å². The zero-order valence-corrected chi connectivity index (χ0v) is 18.0. The normalized spacial score (nSPS) is 22.5. The quantitative estimate of drug-likeness (QED) is 0.556. The average Bonchev–Trinajstić information content (AvgIpc) is 2.63. The van der Waals surface area contributed by atoms with Crippen LogP contribution in [0.25, 0.3) is 5.70 Å². The van der Waals surface area contributed by atoms with Crippen LogP contribution in [0.1, 0.15) is 18.4 Å². The Morgan fingerprint density at radius 2 is 1.97 bits per heavy atom. The monoisotopic (exact) mass is 453 g/mol. The standard InChI is InChI=1S/C19H24ClN5O4S/c1-30(28,29)14-8-13(9-14)24-19(27)25-6-5-23-15(10-25)16(18(22)26)17(21)11-3-2-4-12(20)7-11/h2-4,7,13-14H,5-6,8-10,21H2,1H3,(H2,22,26)(H,24,27). The first-order chi connectivity index (χ1) is 14.1. The molecule has 1 aromatic carbocycles. The first-order valence-electron chi connectivity index (χ1n) is 9.39. The van der Waals surface area contributed by atoms with Gasteiger partial charge in [0.25, 0.3) is 5.91 Å². The first-order valence-corrected chi connectivity index (χ1v) is 11.7. The van der Waals surface area contributed by atoms with Crippen LogP contribution in [0.4, 0.5) is 4.79 Å². The van der Waals surface area contributed by atoms with Gasteiger partial charge in [-0.3, -0.25) is 9.79 Å². The van der Waals surface area contributed by atoms with E-state index in [1.54, 1.807) is 24.3 Å². The maximum Gasteiger partial charge on any atom is 0.318 e. The number of sulfone groups is 1. The van der Waals surface area contributed by atoms with Crippen molar-refractivity contribution in [2.75, 3.05) is 25.9 Å². The molecule has 0 radical (unpaired) electrons. The van der Waals surface area contributed by atoms with Gasteiger partial charge in [0.1, 0.15) is 9.84 Å². The number of nitrogens with zero attached hydrogens (tertiary/aromatic N) is 2. The highest BCUT2D eigenvalue weighted by Crippen LogP contribution is 2.27. The molecule has 162 valence electrons. The molecule has 0 atom stereocenters. The second kappa shape index (κ2) is 8.65. The zero-order valence-electron chi connectivity index (χ0n) is 16.5. The van der Waals surface area contributed by atoms with Crippen molar-refractivity contribution in [3.05, 3.63) is 40.4 Å². The van der Waals surface area contributed by atoms with E-state index in [9.17, 15) is 18.0 Å². The lowest BCUT2D eigenvalue weighted by atomic mass is 9.92. The Labute approximate surface area is 180 Å². The van der Waals surface area contributed by atoms with Crippen LogP contribution in [0.2, 0.25) is 5.02 Å². The SMILES string of the molecule is CS(=O)(=O)C1CC(NC(=O)N2CCN=C(C(C(N)=O)=C(N)c3cccc(Cl)c3)C2)C1. The number of hydrogen-bond acceptors (Lipinski definition) is 6. The van der Waals surface area contributed by atoms with E-state index in [0.29, 0.717) is 42.2 Å². The van der Waals surface area contributed by atoms with Gasteiger partial charge in [-0.1, -0.05) is 23.7 Å². The summed E-state index contributed by atoms with van der Waals surface area (Å²) in [6, 6.07) is 6.16. The minimum Gasteiger partial charge on any atom is -0.398 e. The highest BCUT2D eigenvalue weighted by molar-refractivity contribution is 7.91. The maximum atomic E-state index is 12.6. The van der Waals surface area contributed by atoms with Crippen molar-refractivity contribution in [2.24, 2.45) is 16.5 Å². The number of carbonyl (C=O) groups excluding carboxylic acids is 2. The average molecular weight is 454 g/mol. The van der Waals surface area contributed by atoms with Crippen LogP contribution >= 0.6 is 11.6 Å². The van der Waals surface area contributed by atoms with Crippen LogP contribution in [0, 0.1) is 0 Å². The number of urea groups is 1. The predicted molar refractivity (Wildman–Crippen MR) is 116 cm³/mol. The van der Waals surface area contributed by atoms with Crippen molar-refractivity contribution in [3.8, 4) is 0 Å². The molecule has 30 heavy (non-hydrogen) atoms. The fourth-order valence-electron chi connectivity index (χ4n) is 3.48. The molecule has 1 aliphatic heterocycles. The van der Waals surface area contributed by atoms with Crippen LogP contribution in [0.15, 0.2) is 34.8 Å². The van der Waals surface area contributed by atoms with Crippen molar-refractivity contribution in [3.63, 3.8) is 0 Å². The summed E-state index contributed by atoms with van der Waals surface area (Å²) in [7, 11) is -3.09. The van der Waals surface area contributed by atoms with Crippen molar-refractivity contribution < 1.29 is 18.0 Å². The summed E-state index contributed by atoms with van der Waals surface area (Å²) in [4.78, 5) is 30.6. The molecule has 1 saturated carbocycles. The van der Waals surface area contributed by atoms with Crippen molar-refractivity contribution in [1.29, 1.82) is 0 Å². The molecule has 3 rings (SSSR count). The van der Waals surface area contributed by atoms with Crippen LogP contribution < -0.4 is 16.8 Å². The van der Waals surface area contributed by atoms with E-state index in [2.05, 4.69) is 10.3 Å². The lowest BCUT2D eigenvalue weighted by Crippen LogP contribution is -2.55. The molecule has 0 aromatic heterocycles. The van der Waals surface area contributed by atoms with Gasteiger partial charge < -0.3 is 21.7 Å². The van der Waals surface area contributed by atoms with E-state index in [0.717, 1.165) is 0 Å². The third-order valence-electron chi connectivity index (χ3n) is 5.27. The predicted octanol–water partition coefficient (Wildman–Crippen LogP) is 0.537. The molecule has 11 heteroatoms. The van der Waals surface area contributed by atoms with Gasteiger partial charge in [0.2, 0.25) is 0 Å². The number of hydrogen-bond donors (Lipinski definition) is 3. The molecule has 2 aliphatic rings. The Hall–Kier alpha value is -2.59. The minimum atomic E-state index is -3.09. The third kappa shape index (κ3) is 4.93. The molecule has 5 N–H and O–H groups in total. The molecule has 3 amide bonds. The van der Waals surface area contributed by atoms with Crippen molar-refractivity contribution in [2.45, 2.75) is 24.1 Å². The van der Waals surface area contributed by atoms with E-state index in [1.165, 1.54) is 11.2 Å². The van der Waals surface area contributed by atoms with E-state index >= 15 is 0 Å². The fraction of sp³-hybridized carbons (Fsp3) is 0.421. The summed E-state index contributed by atoms with van der Waals surface area (Å²) >= 11 is 6.01. The largest absolute Gasteiger partial charge is 0.398 e. The highest BCUT2D eigenvalue weighted by Gasteiger charge is 2.38. The second-order valence-electron chi connectivity index (χ2n) is 7.48. The molecule has 0 unspecified atom stereocenters. The molecule has 1 heterocycles. The lowest BCUT2D eigenvalue weighted by Gasteiger charge is -2.36. The van der Waals surface area contributed by atoms with Gasteiger partial charge in [0.05, 0.1) is 35.3 Å². The van der Waals surface area contributed by atoms with Gasteiger partial charge in [0.15, 0.2) is 0 Å². The molecule has 1 aliphatic carbocycles. The molecular weight excluding hydrogens is 430 g/mol. The van der Waals surface area contributed by atoms with Gasteiger partial charge in [-0.2, -0.15) is 0 Å². The smallest absolute Gasteiger partial charge is 0.318 e. The molecular formula is C19H24ClN5O4S. The number of rotatable bonds is 5. The first kappa shape index (κ1) is 22.1. The Morgan fingerprint density at radius 1 is 1.27 bits per heavy atom. The minimum absolute atomic E-state index is 0.0514. The van der Waals surface area contributed by atoms with Crippen LogP contribution in [0.3, 0.4) is 0 Å². The maximum absolute atomic E-state index is 12.6. The molecule has 1 fully saturated rings. The summed E-state index contributed by atoms with van der Waals surface area (Å²) in [6.07, 6.45) is 1.99. The summed E-state index contributed by atoms with van der Waals surface area (Å²) < 4.78 is 23.0. The number of aliphatic imine (C=N–C) groups is 1. The van der Waals surface area contributed by atoms with Gasteiger partial charge in [-0.05, 0) is 30.5 Å². The Kier molecular flexibility index (Phi) is 6.37. The summed E-state index contributed by atoms with van der Waals surface area (Å²) in [5.74, 6) is -0.747. The zero-order chi connectivity index (χ0) is 22.1. The summed E-state index contributed by atoms with van der Waals surface area (Å²) in [5.41, 5.74) is 12.8. The molecule has 0 saturated heterocycles. The summed E-state index contributed by atoms with van der Waals surface area (Å²) in [5, 5.41) is 2.88. The van der Waals surface area contributed by atoms with Crippen LogP contribution in [0.5, 0.6) is 0 Å². The topological polar surface area (TPSA) is 148 Å². The number of nitrogens with one attached hydrogen (secondary N) is 1. The molecule has 1 aromatic rings. The number of benzene rings is 1.